The van der Waals surface area contributed by atoms with Gasteiger partial charge in [-0.05, 0) is 36.4 Å². The number of hydrogen-bond acceptors (Lipinski definition) is 5. The zero-order chi connectivity index (χ0) is 19.6. The first-order chi connectivity index (χ1) is 13.5. The fourth-order valence-electron chi connectivity index (χ4n) is 3.06. The van der Waals surface area contributed by atoms with Crippen LogP contribution in [0, 0.1) is 0 Å². The van der Waals surface area contributed by atoms with Crippen molar-refractivity contribution in [1.29, 1.82) is 0 Å². The number of amides is 1. The maximum absolute atomic E-state index is 12.6. The van der Waals surface area contributed by atoms with E-state index in [2.05, 4.69) is 10.3 Å². The normalized spacial score (nSPS) is 15.4. The molecule has 0 bridgehead atoms. The minimum Gasteiger partial charge on any atom is -0.379 e. The summed E-state index contributed by atoms with van der Waals surface area (Å²) in [5, 5.41) is 3.72. The molecule has 1 aliphatic rings. The number of carbonyl (C=O) groups excluding carboxylic acids is 1. The molecule has 0 radical (unpaired) electrons. The van der Waals surface area contributed by atoms with Gasteiger partial charge in [-0.3, -0.25) is 9.78 Å². The maximum atomic E-state index is 12.6. The van der Waals surface area contributed by atoms with E-state index in [1.807, 2.05) is 30.3 Å². The number of benzene rings is 2. The molecule has 1 aliphatic heterocycles. The lowest BCUT2D eigenvalue weighted by Gasteiger charge is -2.26. The lowest BCUT2D eigenvalue weighted by atomic mass is 10.2. The highest BCUT2D eigenvalue weighted by molar-refractivity contribution is 7.89. The van der Waals surface area contributed by atoms with Gasteiger partial charge in [0.05, 0.1) is 35.5 Å². The smallest absolute Gasteiger partial charge is 0.255 e. The Morgan fingerprint density at radius 3 is 2.50 bits per heavy atom. The van der Waals surface area contributed by atoms with Gasteiger partial charge in [0.15, 0.2) is 0 Å². The lowest BCUT2D eigenvalue weighted by molar-refractivity contribution is 0.0730. The van der Waals surface area contributed by atoms with Gasteiger partial charge in [0.25, 0.3) is 5.91 Å². The Kier molecular flexibility index (Phi) is 5.08. The van der Waals surface area contributed by atoms with Crippen molar-refractivity contribution >= 4 is 32.5 Å². The number of carbonyl (C=O) groups is 1. The summed E-state index contributed by atoms with van der Waals surface area (Å²) in [6, 6.07) is 15.4. The summed E-state index contributed by atoms with van der Waals surface area (Å²) < 4.78 is 31.9. The summed E-state index contributed by atoms with van der Waals surface area (Å²) in [7, 11) is -3.58. The first-order valence-corrected chi connectivity index (χ1v) is 10.3. The molecule has 0 aliphatic carbocycles. The zero-order valence-corrected chi connectivity index (χ0v) is 15.9. The average molecular weight is 397 g/mol. The number of para-hydroxylation sites is 1. The number of morpholine rings is 1. The fourth-order valence-corrected chi connectivity index (χ4v) is 4.46. The van der Waals surface area contributed by atoms with Crippen LogP contribution in [-0.4, -0.2) is 49.9 Å². The number of nitrogens with one attached hydrogen (secondary N) is 1. The average Bonchev–Trinajstić information content (AvgIpc) is 2.74. The Morgan fingerprint density at radius 1 is 1.04 bits per heavy atom. The fraction of sp³-hybridized carbons (Fsp3) is 0.200. The summed E-state index contributed by atoms with van der Waals surface area (Å²) in [6.07, 6.45) is 1.59. The monoisotopic (exact) mass is 397 g/mol. The van der Waals surface area contributed by atoms with Gasteiger partial charge in [-0.25, -0.2) is 8.42 Å². The first kappa shape index (κ1) is 18.5. The topological polar surface area (TPSA) is 88.6 Å². The van der Waals surface area contributed by atoms with Gasteiger partial charge in [0.2, 0.25) is 10.0 Å². The van der Waals surface area contributed by atoms with E-state index in [1.54, 1.807) is 6.20 Å². The van der Waals surface area contributed by atoms with Gasteiger partial charge in [-0.15, -0.1) is 0 Å². The summed E-state index contributed by atoms with van der Waals surface area (Å²) in [6.45, 7) is 1.44. The molecule has 1 fully saturated rings. The Hall–Kier alpha value is -2.81. The molecule has 1 N–H and O–H groups in total. The maximum Gasteiger partial charge on any atom is 0.255 e. The highest BCUT2D eigenvalue weighted by Crippen LogP contribution is 2.19. The first-order valence-electron chi connectivity index (χ1n) is 8.88. The molecule has 0 atom stereocenters. The number of anilines is 1. The Balaban J connectivity index is 1.50. The molecule has 1 saturated heterocycles. The van der Waals surface area contributed by atoms with Crippen LogP contribution < -0.4 is 5.32 Å². The minimum atomic E-state index is -3.58. The predicted molar refractivity (Wildman–Crippen MR) is 106 cm³/mol. The van der Waals surface area contributed by atoms with E-state index in [9.17, 15) is 13.2 Å². The molecule has 8 heteroatoms. The van der Waals surface area contributed by atoms with Crippen LogP contribution in [0.25, 0.3) is 10.9 Å². The number of aromatic nitrogens is 1. The molecule has 2 heterocycles. The van der Waals surface area contributed by atoms with Gasteiger partial charge in [-0.2, -0.15) is 4.31 Å². The van der Waals surface area contributed by atoms with Crippen molar-refractivity contribution < 1.29 is 17.9 Å². The van der Waals surface area contributed by atoms with Crippen molar-refractivity contribution in [2.45, 2.75) is 4.90 Å². The lowest BCUT2D eigenvalue weighted by Crippen LogP contribution is -2.40. The molecule has 2 aromatic carbocycles. The van der Waals surface area contributed by atoms with E-state index in [4.69, 9.17) is 4.74 Å². The molecule has 144 valence electrons. The number of hydrogen-bond donors (Lipinski definition) is 1. The zero-order valence-electron chi connectivity index (χ0n) is 15.0. The van der Waals surface area contributed by atoms with Crippen molar-refractivity contribution in [2.75, 3.05) is 31.6 Å². The number of fused-ring (bicyclic) bond motifs is 1. The van der Waals surface area contributed by atoms with Crippen LogP contribution in [0.1, 0.15) is 10.4 Å². The van der Waals surface area contributed by atoms with Gasteiger partial charge in [-0.1, -0.05) is 18.2 Å². The van der Waals surface area contributed by atoms with Crippen molar-refractivity contribution in [3.05, 3.63) is 66.4 Å². The highest BCUT2D eigenvalue weighted by atomic mass is 32.2. The molecule has 3 aromatic rings. The molecule has 1 aromatic heterocycles. The van der Waals surface area contributed by atoms with Gasteiger partial charge < -0.3 is 10.1 Å². The Morgan fingerprint density at radius 2 is 1.75 bits per heavy atom. The van der Waals surface area contributed by atoms with Crippen LogP contribution in [0.5, 0.6) is 0 Å². The van der Waals surface area contributed by atoms with E-state index >= 15 is 0 Å². The molecular weight excluding hydrogens is 378 g/mol. The van der Waals surface area contributed by atoms with E-state index in [0.29, 0.717) is 37.6 Å². The van der Waals surface area contributed by atoms with Crippen LogP contribution in [-0.2, 0) is 14.8 Å². The molecule has 0 saturated carbocycles. The predicted octanol–water partition coefficient (Wildman–Crippen LogP) is 2.51. The summed E-state index contributed by atoms with van der Waals surface area (Å²) >= 11 is 0. The van der Waals surface area contributed by atoms with Crippen LogP contribution in [0.3, 0.4) is 0 Å². The number of pyridine rings is 1. The molecule has 4 rings (SSSR count). The van der Waals surface area contributed by atoms with E-state index < -0.39 is 10.0 Å². The quantitative estimate of drug-likeness (QED) is 0.731. The summed E-state index contributed by atoms with van der Waals surface area (Å²) in [4.78, 5) is 17.0. The minimum absolute atomic E-state index is 0.165. The largest absolute Gasteiger partial charge is 0.379 e. The number of nitrogens with zero attached hydrogens (tertiary/aromatic N) is 2. The van der Waals surface area contributed by atoms with Crippen LogP contribution >= 0.6 is 0 Å². The molecule has 0 unspecified atom stereocenters. The second-order valence-corrected chi connectivity index (χ2v) is 8.35. The SMILES string of the molecule is O=C(Nc1cnc2ccccc2c1)c1ccc(S(=O)(=O)N2CCOCC2)cc1. The van der Waals surface area contributed by atoms with Gasteiger partial charge in [0.1, 0.15) is 0 Å². The van der Waals surface area contributed by atoms with Crippen molar-refractivity contribution in [1.82, 2.24) is 9.29 Å². The highest BCUT2D eigenvalue weighted by Gasteiger charge is 2.26. The molecule has 28 heavy (non-hydrogen) atoms. The van der Waals surface area contributed by atoms with Crippen molar-refractivity contribution in [3.63, 3.8) is 0 Å². The molecule has 1 amide bonds. The number of ether oxygens (including phenoxy) is 1. The Labute approximate surface area is 163 Å². The molecular formula is C20H19N3O4S. The third-order valence-corrected chi connectivity index (χ3v) is 6.49. The standard InChI is InChI=1S/C20H19N3O4S/c24-20(22-17-13-16-3-1-2-4-19(16)21-14-17)15-5-7-18(8-6-15)28(25,26)23-9-11-27-12-10-23/h1-8,13-14H,9-12H2,(H,22,24). The van der Waals surface area contributed by atoms with Crippen molar-refractivity contribution in [3.8, 4) is 0 Å². The second kappa shape index (κ2) is 7.67. The van der Waals surface area contributed by atoms with Crippen LogP contribution in [0.2, 0.25) is 0 Å². The number of sulfonamides is 1. The van der Waals surface area contributed by atoms with E-state index in [-0.39, 0.29) is 10.8 Å². The second-order valence-electron chi connectivity index (χ2n) is 6.41. The van der Waals surface area contributed by atoms with Crippen LogP contribution in [0.15, 0.2) is 65.7 Å². The van der Waals surface area contributed by atoms with Crippen LogP contribution in [0.4, 0.5) is 5.69 Å². The van der Waals surface area contributed by atoms with E-state index in [0.717, 1.165) is 10.9 Å². The molecule has 7 nitrogen and oxygen atoms in total. The van der Waals surface area contributed by atoms with Gasteiger partial charge >= 0.3 is 0 Å². The van der Waals surface area contributed by atoms with Crippen molar-refractivity contribution in [2.24, 2.45) is 0 Å². The Bertz CT molecular complexity index is 1110. The summed E-state index contributed by atoms with van der Waals surface area (Å²) in [5.41, 5.74) is 1.79. The molecule has 0 spiro atoms. The number of rotatable bonds is 4. The third-order valence-electron chi connectivity index (χ3n) is 4.57. The van der Waals surface area contributed by atoms with Gasteiger partial charge in [0, 0.05) is 24.0 Å². The van der Waals surface area contributed by atoms with E-state index in [1.165, 1.54) is 28.6 Å². The summed E-state index contributed by atoms with van der Waals surface area (Å²) in [5.74, 6) is -0.326. The third kappa shape index (κ3) is 3.75.